The number of nitrogens with zero attached hydrogens (tertiary/aromatic N) is 1. The quantitative estimate of drug-likeness (QED) is 0.887. The minimum Gasteiger partial charge on any atom is -0.481 e. The Kier molecular flexibility index (Phi) is 4.34. The average Bonchev–Trinajstić information content (AvgIpc) is 2.66. The molecule has 1 aromatic carbocycles. The van der Waals surface area contributed by atoms with Crippen LogP contribution in [0.1, 0.15) is 15.9 Å². The lowest BCUT2D eigenvalue weighted by atomic mass is 10.1. The lowest BCUT2D eigenvalue weighted by molar-refractivity contribution is -0.143. The summed E-state index contributed by atoms with van der Waals surface area (Å²) in [7, 11) is 0. The molecule has 2 rings (SSSR count). The molecule has 6 heteroatoms. The van der Waals surface area contributed by atoms with E-state index in [4.69, 9.17) is 9.84 Å². The van der Waals surface area contributed by atoms with Crippen molar-refractivity contribution < 1.29 is 23.8 Å². The Hall–Kier alpha value is -1.95. The van der Waals surface area contributed by atoms with E-state index in [9.17, 15) is 14.0 Å². The summed E-state index contributed by atoms with van der Waals surface area (Å²) in [6, 6.07) is 4.00. The second-order valence-corrected chi connectivity index (χ2v) is 4.82. The molecule has 1 unspecified atom stereocenters. The van der Waals surface area contributed by atoms with E-state index in [2.05, 4.69) is 0 Å². The van der Waals surface area contributed by atoms with Gasteiger partial charge in [0.05, 0.1) is 19.1 Å². The van der Waals surface area contributed by atoms with Crippen LogP contribution in [0, 0.1) is 18.7 Å². The molecule has 1 aliphatic heterocycles. The molecule has 1 atom stereocenters. The van der Waals surface area contributed by atoms with Crippen molar-refractivity contribution in [2.24, 2.45) is 5.92 Å². The number of hydrogen-bond acceptors (Lipinski definition) is 3. The molecule has 1 aliphatic rings. The van der Waals surface area contributed by atoms with Crippen LogP contribution in [0.15, 0.2) is 18.2 Å². The standard InChI is InChI=1S/C14H16FNO4/c1-9-2-3-11(15)6-12(9)13(17)16-4-5-20-8-10(7-16)14(18)19/h2-3,6,10H,4-5,7-8H2,1H3,(H,18,19). The van der Waals surface area contributed by atoms with Crippen molar-refractivity contribution in [2.75, 3.05) is 26.3 Å². The SMILES string of the molecule is Cc1ccc(F)cc1C(=O)N1CCOCC(C(=O)O)C1. The first kappa shape index (κ1) is 14.5. The van der Waals surface area contributed by atoms with Gasteiger partial charge >= 0.3 is 5.97 Å². The highest BCUT2D eigenvalue weighted by Gasteiger charge is 2.28. The molecule has 1 saturated heterocycles. The smallest absolute Gasteiger partial charge is 0.310 e. The molecule has 1 amide bonds. The third-order valence-electron chi connectivity index (χ3n) is 3.33. The van der Waals surface area contributed by atoms with Crippen LogP contribution in [0.25, 0.3) is 0 Å². The van der Waals surface area contributed by atoms with E-state index in [1.165, 1.54) is 23.1 Å². The maximum absolute atomic E-state index is 13.3. The number of carboxylic acids is 1. The van der Waals surface area contributed by atoms with E-state index in [-0.39, 0.29) is 31.2 Å². The van der Waals surface area contributed by atoms with Crippen LogP contribution >= 0.6 is 0 Å². The Bertz CT molecular complexity index is 532. The number of amides is 1. The fourth-order valence-corrected chi connectivity index (χ4v) is 2.14. The summed E-state index contributed by atoms with van der Waals surface area (Å²) in [4.78, 5) is 24.9. The molecule has 0 radical (unpaired) electrons. The number of carboxylic acid groups (broad SMARTS) is 1. The molecule has 1 aromatic rings. The van der Waals surface area contributed by atoms with Gasteiger partial charge in [0.1, 0.15) is 5.82 Å². The maximum Gasteiger partial charge on any atom is 0.310 e. The molecule has 1 fully saturated rings. The van der Waals surface area contributed by atoms with Crippen LogP contribution in [0.4, 0.5) is 4.39 Å². The molecule has 0 aliphatic carbocycles. The number of rotatable bonds is 2. The van der Waals surface area contributed by atoms with Crippen LogP contribution in [-0.4, -0.2) is 48.2 Å². The number of benzene rings is 1. The number of carbonyl (C=O) groups is 2. The Morgan fingerprint density at radius 3 is 2.90 bits per heavy atom. The fraction of sp³-hybridized carbons (Fsp3) is 0.429. The number of aryl methyl sites for hydroxylation is 1. The molecule has 108 valence electrons. The van der Waals surface area contributed by atoms with Gasteiger partial charge in [-0.2, -0.15) is 0 Å². The summed E-state index contributed by atoms with van der Waals surface area (Å²) in [6.07, 6.45) is 0. The van der Waals surface area contributed by atoms with Gasteiger partial charge in [0, 0.05) is 18.7 Å². The molecule has 0 bridgehead atoms. The molecule has 5 nitrogen and oxygen atoms in total. The fourth-order valence-electron chi connectivity index (χ4n) is 2.14. The second-order valence-electron chi connectivity index (χ2n) is 4.82. The molecular weight excluding hydrogens is 265 g/mol. The summed E-state index contributed by atoms with van der Waals surface area (Å²) < 4.78 is 18.5. The molecule has 0 spiro atoms. The minimum absolute atomic E-state index is 0.0735. The van der Waals surface area contributed by atoms with Crippen molar-refractivity contribution in [2.45, 2.75) is 6.92 Å². The Morgan fingerprint density at radius 2 is 2.20 bits per heavy atom. The van der Waals surface area contributed by atoms with Crippen molar-refractivity contribution in [3.05, 3.63) is 35.1 Å². The van der Waals surface area contributed by atoms with E-state index >= 15 is 0 Å². The van der Waals surface area contributed by atoms with Crippen LogP contribution in [0.2, 0.25) is 0 Å². The zero-order valence-electron chi connectivity index (χ0n) is 11.1. The van der Waals surface area contributed by atoms with Gasteiger partial charge in [0.2, 0.25) is 0 Å². The number of aliphatic carboxylic acids is 1. The lowest BCUT2D eigenvalue weighted by Gasteiger charge is -2.22. The summed E-state index contributed by atoms with van der Waals surface area (Å²) in [5.74, 6) is -2.60. The highest BCUT2D eigenvalue weighted by Crippen LogP contribution is 2.16. The van der Waals surface area contributed by atoms with E-state index in [0.29, 0.717) is 12.1 Å². The van der Waals surface area contributed by atoms with Crippen LogP contribution < -0.4 is 0 Å². The van der Waals surface area contributed by atoms with Gasteiger partial charge in [0.15, 0.2) is 0 Å². The first-order valence-electron chi connectivity index (χ1n) is 6.35. The topological polar surface area (TPSA) is 66.8 Å². The first-order chi connectivity index (χ1) is 9.49. The van der Waals surface area contributed by atoms with Crippen LogP contribution in [-0.2, 0) is 9.53 Å². The van der Waals surface area contributed by atoms with Gasteiger partial charge in [0.25, 0.3) is 5.91 Å². The van der Waals surface area contributed by atoms with Gasteiger partial charge in [-0.15, -0.1) is 0 Å². The largest absolute Gasteiger partial charge is 0.481 e. The summed E-state index contributed by atoms with van der Waals surface area (Å²) >= 11 is 0. The molecular formula is C14H16FNO4. The number of halogens is 1. The van der Waals surface area contributed by atoms with Crippen LogP contribution in [0.5, 0.6) is 0 Å². The second kappa shape index (κ2) is 6.00. The van der Waals surface area contributed by atoms with Crippen molar-refractivity contribution in [3.8, 4) is 0 Å². The highest BCUT2D eigenvalue weighted by molar-refractivity contribution is 5.96. The minimum atomic E-state index is -0.999. The monoisotopic (exact) mass is 281 g/mol. The molecule has 1 N–H and O–H groups in total. The van der Waals surface area contributed by atoms with Gasteiger partial charge < -0.3 is 14.7 Å². The van der Waals surface area contributed by atoms with Crippen molar-refractivity contribution in [1.82, 2.24) is 4.90 Å². The summed E-state index contributed by atoms with van der Waals surface area (Å²) in [5, 5.41) is 9.05. The van der Waals surface area contributed by atoms with E-state index in [0.717, 1.165) is 0 Å². The molecule has 1 heterocycles. The molecule has 0 saturated carbocycles. The highest BCUT2D eigenvalue weighted by atomic mass is 19.1. The van der Waals surface area contributed by atoms with E-state index in [1.54, 1.807) is 6.92 Å². The Balaban J connectivity index is 2.22. The number of hydrogen-bond donors (Lipinski definition) is 1. The van der Waals surface area contributed by atoms with E-state index < -0.39 is 17.7 Å². The maximum atomic E-state index is 13.3. The number of carbonyl (C=O) groups excluding carboxylic acids is 1. The predicted octanol–water partition coefficient (Wildman–Crippen LogP) is 1.31. The third-order valence-corrected chi connectivity index (χ3v) is 3.33. The van der Waals surface area contributed by atoms with Crippen molar-refractivity contribution >= 4 is 11.9 Å². The molecule has 20 heavy (non-hydrogen) atoms. The van der Waals surface area contributed by atoms with Gasteiger partial charge in [-0.3, -0.25) is 9.59 Å². The van der Waals surface area contributed by atoms with Crippen LogP contribution in [0.3, 0.4) is 0 Å². The Morgan fingerprint density at radius 1 is 1.45 bits per heavy atom. The first-order valence-corrected chi connectivity index (χ1v) is 6.35. The zero-order chi connectivity index (χ0) is 14.7. The predicted molar refractivity (Wildman–Crippen MR) is 69.0 cm³/mol. The summed E-state index contributed by atoms with van der Waals surface area (Å²) in [6.45, 7) is 2.46. The normalized spacial score (nSPS) is 19.5. The number of ether oxygens (including phenoxy) is 1. The summed E-state index contributed by atoms with van der Waals surface area (Å²) in [5.41, 5.74) is 0.921. The van der Waals surface area contributed by atoms with Gasteiger partial charge in [-0.25, -0.2) is 4.39 Å². The lowest BCUT2D eigenvalue weighted by Crippen LogP contribution is -2.38. The molecule has 0 aromatic heterocycles. The van der Waals surface area contributed by atoms with Gasteiger partial charge in [-0.05, 0) is 24.6 Å². The van der Waals surface area contributed by atoms with Gasteiger partial charge in [-0.1, -0.05) is 6.07 Å². The van der Waals surface area contributed by atoms with E-state index in [1.807, 2.05) is 0 Å². The Labute approximate surface area is 116 Å². The zero-order valence-corrected chi connectivity index (χ0v) is 11.1. The van der Waals surface area contributed by atoms with Crippen molar-refractivity contribution in [1.29, 1.82) is 0 Å². The third kappa shape index (κ3) is 3.14. The van der Waals surface area contributed by atoms with Crippen molar-refractivity contribution in [3.63, 3.8) is 0 Å². The average molecular weight is 281 g/mol.